The van der Waals surface area contributed by atoms with Crippen molar-refractivity contribution in [1.82, 2.24) is 10.6 Å². The van der Waals surface area contributed by atoms with E-state index in [1.807, 2.05) is 18.2 Å². The quantitative estimate of drug-likeness (QED) is 0.429. The van der Waals surface area contributed by atoms with Gasteiger partial charge in [0.05, 0.1) is 12.6 Å². The smallest absolute Gasteiger partial charge is 0.237 e. The number of unbranched alkanes of at least 4 members (excludes halogenated alkanes) is 1. The molecule has 1 amide bonds. The molecule has 1 heterocycles. The molecule has 0 aliphatic carbocycles. The Hall–Kier alpha value is -2.31. The van der Waals surface area contributed by atoms with E-state index in [4.69, 9.17) is 11.5 Å². The highest BCUT2D eigenvalue weighted by molar-refractivity contribution is 5.81. The van der Waals surface area contributed by atoms with Gasteiger partial charge >= 0.3 is 0 Å². The number of nitrogens with two attached hydrogens (primary N) is 2. The van der Waals surface area contributed by atoms with Crippen LogP contribution in [0.5, 0.6) is 0 Å². The summed E-state index contributed by atoms with van der Waals surface area (Å²) in [5.74, 6) is 12.4. The molecule has 132 valence electrons. The van der Waals surface area contributed by atoms with Crippen LogP contribution in [0.2, 0.25) is 0 Å². The predicted molar refractivity (Wildman–Crippen MR) is 100 cm³/mol. The van der Waals surface area contributed by atoms with Gasteiger partial charge in [0.2, 0.25) is 5.91 Å². The number of carbonyl (C=O) groups is 1. The highest BCUT2D eigenvalue weighted by Gasteiger charge is 2.12. The van der Waals surface area contributed by atoms with Gasteiger partial charge in [0.1, 0.15) is 0 Å². The maximum atomic E-state index is 12.1. The first-order chi connectivity index (χ1) is 12.2. The highest BCUT2D eigenvalue weighted by Crippen LogP contribution is 2.11. The molecule has 2 rings (SSSR count). The standard InChI is InChI=1S/C20H26N4O/c21-11-3-1-8-19(22)20(25)24-15-16-9-10-17-6-2-4-12-23-13-5-7-18(17)14-16/h9-10,14,19,23H,1,3-4,8,11-13,15,21-22H2,(H,24,25)/t19-/m0/s1. The summed E-state index contributed by atoms with van der Waals surface area (Å²) >= 11 is 0. The third kappa shape index (κ3) is 6.60. The summed E-state index contributed by atoms with van der Waals surface area (Å²) in [5.41, 5.74) is 14.2. The number of benzene rings is 1. The minimum Gasteiger partial charge on any atom is -0.351 e. The lowest BCUT2D eigenvalue weighted by Gasteiger charge is -2.12. The van der Waals surface area contributed by atoms with Crippen LogP contribution in [0.15, 0.2) is 18.2 Å². The van der Waals surface area contributed by atoms with Crippen molar-refractivity contribution in [1.29, 1.82) is 0 Å². The molecular formula is C20H26N4O. The fourth-order valence-electron chi connectivity index (χ4n) is 2.47. The molecule has 1 aliphatic rings. The Labute approximate surface area is 149 Å². The van der Waals surface area contributed by atoms with Crippen LogP contribution in [0.4, 0.5) is 0 Å². The summed E-state index contributed by atoms with van der Waals surface area (Å²) in [6.45, 7) is 2.57. The van der Waals surface area contributed by atoms with Crippen LogP contribution in [-0.4, -0.2) is 31.6 Å². The SMILES string of the molecule is NCCCC[C@H](N)C(=O)NCc1ccc2c(c1)C#CCNCCC#C2. The number of amides is 1. The van der Waals surface area contributed by atoms with Gasteiger partial charge < -0.3 is 22.1 Å². The molecule has 0 unspecified atom stereocenters. The monoisotopic (exact) mass is 338 g/mol. The zero-order chi connectivity index (χ0) is 17.9. The van der Waals surface area contributed by atoms with Crippen LogP contribution < -0.4 is 22.1 Å². The van der Waals surface area contributed by atoms with E-state index in [1.54, 1.807) is 0 Å². The van der Waals surface area contributed by atoms with E-state index >= 15 is 0 Å². The van der Waals surface area contributed by atoms with E-state index in [1.165, 1.54) is 0 Å². The van der Waals surface area contributed by atoms with E-state index in [0.717, 1.165) is 42.5 Å². The van der Waals surface area contributed by atoms with E-state index in [-0.39, 0.29) is 5.91 Å². The lowest BCUT2D eigenvalue weighted by Crippen LogP contribution is -2.40. The molecule has 0 bridgehead atoms. The van der Waals surface area contributed by atoms with Crippen LogP contribution >= 0.6 is 0 Å². The van der Waals surface area contributed by atoms with Crippen LogP contribution in [0.3, 0.4) is 0 Å². The molecule has 5 nitrogen and oxygen atoms in total. The number of fused-ring (bicyclic) bond motifs is 1. The minimum atomic E-state index is -0.486. The molecule has 6 N–H and O–H groups in total. The number of rotatable bonds is 7. The van der Waals surface area contributed by atoms with Crippen molar-refractivity contribution < 1.29 is 4.79 Å². The Balaban J connectivity index is 1.97. The average molecular weight is 338 g/mol. The van der Waals surface area contributed by atoms with Crippen LogP contribution in [0.25, 0.3) is 0 Å². The van der Waals surface area contributed by atoms with E-state index < -0.39 is 6.04 Å². The third-order valence-corrected chi connectivity index (χ3v) is 3.94. The lowest BCUT2D eigenvalue weighted by molar-refractivity contribution is -0.122. The molecule has 1 aromatic carbocycles. The van der Waals surface area contributed by atoms with Gasteiger partial charge in [-0.15, -0.1) is 0 Å². The summed E-state index contributed by atoms with van der Waals surface area (Å²) in [4.78, 5) is 12.1. The zero-order valence-electron chi connectivity index (χ0n) is 14.5. The first-order valence-electron chi connectivity index (χ1n) is 8.75. The van der Waals surface area contributed by atoms with Crippen LogP contribution in [0, 0.1) is 23.7 Å². The lowest BCUT2D eigenvalue weighted by atomic mass is 10.0. The zero-order valence-corrected chi connectivity index (χ0v) is 14.5. The largest absolute Gasteiger partial charge is 0.351 e. The molecule has 0 radical (unpaired) electrons. The summed E-state index contributed by atoms with van der Waals surface area (Å²) in [6, 6.07) is 5.44. The average Bonchev–Trinajstić information content (AvgIpc) is 2.63. The molecule has 0 aromatic heterocycles. The maximum absolute atomic E-state index is 12.1. The van der Waals surface area contributed by atoms with Gasteiger partial charge in [-0.2, -0.15) is 0 Å². The van der Waals surface area contributed by atoms with Gasteiger partial charge in [-0.3, -0.25) is 4.79 Å². The number of hydrogen-bond acceptors (Lipinski definition) is 4. The summed E-state index contributed by atoms with van der Waals surface area (Å²) < 4.78 is 0. The second-order valence-electron chi connectivity index (χ2n) is 6.02. The summed E-state index contributed by atoms with van der Waals surface area (Å²) in [5, 5.41) is 6.11. The van der Waals surface area contributed by atoms with E-state index in [2.05, 4.69) is 34.3 Å². The Kier molecular flexibility index (Phi) is 8.01. The van der Waals surface area contributed by atoms with Crippen molar-refractivity contribution in [2.75, 3.05) is 19.6 Å². The van der Waals surface area contributed by atoms with Gasteiger partial charge in [-0.25, -0.2) is 0 Å². The molecule has 1 aliphatic heterocycles. The predicted octanol–water partition coefficient (Wildman–Crippen LogP) is 0.455. The molecule has 0 saturated heterocycles. The van der Waals surface area contributed by atoms with Crippen molar-refractivity contribution >= 4 is 5.91 Å². The Morgan fingerprint density at radius 1 is 1.24 bits per heavy atom. The van der Waals surface area contributed by atoms with Gasteiger partial charge in [0.15, 0.2) is 0 Å². The summed E-state index contributed by atoms with van der Waals surface area (Å²) in [7, 11) is 0. The second-order valence-corrected chi connectivity index (χ2v) is 6.02. The molecule has 0 spiro atoms. The van der Waals surface area contributed by atoms with Crippen LogP contribution in [-0.2, 0) is 11.3 Å². The molecule has 5 heteroatoms. The van der Waals surface area contributed by atoms with Gasteiger partial charge in [-0.05, 0) is 37.1 Å². The number of hydrogen-bond donors (Lipinski definition) is 4. The Morgan fingerprint density at radius 2 is 2.08 bits per heavy atom. The maximum Gasteiger partial charge on any atom is 0.237 e. The second kappa shape index (κ2) is 10.5. The van der Waals surface area contributed by atoms with Gasteiger partial charge in [0, 0.05) is 30.6 Å². The first kappa shape index (κ1) is 19.0. The molecule has 0 saturated carbocycles. The Bertz CT molecular complexity index is 706. The highest BCUT2D eigenvalue weighted by atomic mass is 16.2. The normalized spacial score (nSPS) is 14.2. The fourth-order valence-corrected chi connectivity index (χ4v) is 2.47. The third-order valence-electron chi connectivity index (χ3n) is 3.94. The van der Waals surface area contributed by atoms with Crippen molar-refractivity contribution in [3.8, 4) is 23.7 Å². The summed E-state index contributed by atoms with van der Waals surface area (Å²) in [6.07, 6.45) is 3.22. The fraction of sp³-hybridized carbons (Fsp3) is 0.450. The van der Waals surface area contributed by atoms with Crippen molar-refractivity contribution in [2.45, 2.75) is 38.3 Å². The molecular weight excluding hydrogens is 312 g/mol. The molecule has 1 aromatic rings. The first-order valence-corrected chi connectivity index (χ1v) is 8.75. The Morgan fingerprint density at radius 3 is 2.92 bits per heavy atom. The molecule has 1 atom stereocenters. The van der Waals surface area contributed by atoms with Crippen molar-refractivity contribution in [3.63, 3.8) is 0 Å². The van der Waals surface area contributed by atoms with E-state index in [0.29, 0.717) is 26.1 Å². The van der Waals surface area contributed by atoms with Crippen molar-refractivity contribution in [2.24, 2.45) is 11.5 Å². The number of carbonyl (C=O) groups excluding carboxylic acids is 1. The van der Waals surface area contributed by atoms with Gasteiger partial charge in [0.25, 0.3) is 0 Å². The number of nitrogens with one attached hydrogen (secondary N) is 2. The molecule has 0 fully saturated rings. The van der Waals surface area contributed by atoms with E-state index in [9.17, 15) is 4.79 Å². The minimum absolute atomic E-state index is 0.132. The van der Waals surface area contributed by atoms with Crippen molar-refractivity contribution in [3.05, 3.63) is 34.9 Å². The van der Waals surface area contributed by atoms with Crippen LogP contribution in [0.1, 0.15) is 42.4 Å². The molecule has 25 heavy (non-hydrogen) atoms. The topological polar surface area (TPSA) is 93.2 Å². The van der Waals surface area contributed by atoms with Gasteiger partial charge in [-0.1, -0.05) is 36.2 Å².